The van der Waals surface area contributed by atoms with Gasteiger partial charge in [0, 0.05) is 36.9 Å². The predicted octanol–water partition coefficient (Wildman–Crippen LogP) is 1.78. The van der Waals surface area contributed by atoms with E-state index in [1.54, 1.807) is 16.7 Å². The van der Waals surface area contributed by atoms with Gasteiger partial charge < -0.3 is 20.9 Å². The van der Waals surface area contributed by atoms with Crippen LogP contribution in [0.2, 0.25) is 5.02 Å². The molecule has 2 rings (SSSR count). The van der Waals surface area contributed by atoms with Gasteiger partial charge in [-0.3, -0.25) is 4.79 Å². The summed E-state index contributed by atoms with van der Waals surface area (Å²) in [6.07, 6.45) is 2.55. The topological polar surface area (TPSA) is 78.7 Å². The summed E-state index contributed by atoms with van der Waals surface area (Å²) in [6, 6.07) is 6.50. The number of benzene rings is 1. The van der Waals surface area contributed by atoms with E-state index in [4.69, 9.17) is 17.3 Å². The van der Waals surface area contributed by atoms with Crippen LogP contribution in [0.4, 0.5) is 10.5 Å². The molecule has 24 heavy (non-hydrogen) atoms. The van der Waals surface area contributed by atoms with Gasteiger partial charge in [0.1, 0.15) is 6.04 Å². The van der Waals surface area contributed by atoms with Crippen LogP contribution in [0.15, 0.2) is 24.3 Å². The van der Waals surface area contributed by atoms with Gasteiger partial charge in [-0.2, -0.15) is 11.8 Å². The van der Waals surface area contributed by atoms with Gasteiger partial charge in [-0.15, -0.1) is 0 Å². The summed E-state index contributed by atoms with van der Waals surface area (Å²) in [7, 11) is 0. The molecule has 0 aliphatic carbocycles. The molecule has 0 saturated carbocycles. The largest absolute Gasteiger partial charge is 0.368 e. The van der Waals surface area contributed by atoms with Crippen molar-refractivity contribution in [1.29, 1.82) is 0 Å². The number of amides is 3. The number of carbonyl (C=O) groups excluding carboxylic acids is 2. The SMILES string of the molecule is CSCC[C@@H](NC(N)=O)C(=O)N1CCN(c2cccc(Cl)c2)CC1. The minimum atomic E-state index is -0.660. The molecule has 132 valence electrons. The first-order valence-corrected chi connectivity index (χ1v) is 9.62. The molecule has 0 unspecified atom stereocenters. The van der Waals surface area contributed by atoms with E-state index in [0.717, 1.165) is 24.5 Å². The van der Waals surface area contributed by atoms with E-state index in [2.05, 4.69) is 10.2 Å². The average Bonchev–Trinajstić information content (AvgIpc) is 2.58. The summed E-state index contributed by atoms with van der Waals surface area (Å²) in [6.45, 7) is 2.69. The number of nitrogens with two attached hydrogens (primary N) is 1. The smallest absolute Gasteiger partial charge is 0.312 e. The molecule has 1 atom stereocenters. The van der Waals surface area contributed by atoms with Crippen LogP contribution in [-0.4, -0.2) is 61.1 Å². The Labute approximate surface area is 151 Å². The van der Waals surface area contributed by atoms with Crippen molar-refractivity contribution >= 4 is 41.0 Å². The van der Waals surface area contributed by atoms with Crippen LogP contribution in [0.5, 0.6) is 0 Å². The first kappa shape index (κ1) is 18.7. The predicted molar refractivity (Wildman–Crippen MR) is 99.8 cm³/mol. The lowest BCUT2D eigenvalue weighted by Crippen LogP contribution is -2.55. The van der Waals surface area contributed by atoms with E-state index < -0.39 is 12.1 Å². The molecular weight excluding hydrogens is 348 g/mol. The Hall–Kier alpha value is -1.60. The van der Waals surface area contributed by atoms with E-state index in [0.29, 0.717) is 24.5 Å². The van der Waals surface area contributed by atoms with Crippen LogP contribution in [0.1, 0.15) is 6.42 Å². The van der Waals surface area contributed by atoms with E-state index in [1.165, 1.54) is 0 Å². The minimum Gasteiger partial charge on any atom is -0.368 e. The first-order valence-electron chi connectivity index (χ1n) is 7.85. The molecular formula is C16H23ClN4O2S. The Kier molecular flexibility index (Phi) is 7.05. The monoisotopic (exact) mass is 370 g/mol. The standard InChI is InChI=1S/C16H23ClN4O2S/c1-24-10-5-14(19-16(18)23)15(22)21-8-6-20(7-9-21)13-4-2-3-12(17)11-13/h2-4,11,14H,5-10H2,1H3,(H3,18,19,23)/t14-/m1/s1. The van der Waals surface area contributed by atoms with Crippen molar-refractivity contribution in [3.8, 4) is 0 Å². The zero-order valence-electron chi connectivity index (χ0n) is 13.7. The fourth-order valence-electron chi connectivity index (χ4n) is 2.74. The van der Waals surface area contributed by atoms with Crippen LogP contribution in [0, 0.1) is 0 Å². The van der Waals surface area contributed by atoms with Crippen molar-refractivity contribution < 1.29 is 9.59 Å². The number of nitrogens with zero attached hydrogens (tertiary/aromatic N) is 2. The Balaban J connectivity index is 1.94. The molecule has 1 heterocycles. The highest BCUT2D eigenvalue weighted by Crippen LogP contribution is 2.21. The van der Waals surface area contributed by atoms with Gasteiger partial charge in [-0.1, -0.05) is 17.7 Å². The Bertz CT molecular complexity index is 579. The summed E-state index contributed by atoms with van der Waals surface area (Å²) < 4.78 is 0. The first-order chi connectivity index (χ1) is 11.5. The number of primary amides is 1. The van der Waals surface area contributed by atoms with Crippen molar-refractivity contribution in [3.63, 3.8) is 0 Å². The number of thioether (sulfide) groups is 1. The van der Waals surface area contributed by atoms with Gasteiger partial charge in [-0.25, -0.2) is 4.79 Å². The number of hydrogen-bond donors (Lipinski definition) is 2. The fraction of sp³-hybridized carbons (Fsp3) is 0.500. The molecule has 0 radical (unpaired) electrons. The van der Waals surface area contributed by atoms with E-state index in [-0.39, 0.29) is 5.91 Å². The lowest BCUT2D eigenvalue weighted by atomic mass is 10.1. The van der Waals surface area contributed by atoms with Crippen molar-refractivity contribution in [2.45, 2.75) is 12.5 Å². The third-order valence-electron chi connectivity index (χ3n) is 3.99. The molecule has 3 N–H and O–H groups in total. The molecule has 3 amide bonds. The number of carbonyl (C=O) groups is 2. The normalized spacial score (nSPS) is 15.9. The summed E-state index contributed by atoms with van der Waals surface area (Å²) in [4.78, 5) is 27.8. The second kappa shape index (κ2) is 9.03. The molecule has 1 aliphatic heterocycles. The van der Waals surface area contributed by atoms with Gasteiger partial charge in [0.2, 0.25) is 5.91 Å². The van der Waals surface area contributed by atoms with Crippen molar-refractivity contribution in [3.05, 3.63) is 29.3 Å². The summed E-state index contributed by atoms with van der Waals surface area (Å²) in [5, 5.41) is 3.27. The van der Waals surface area contributed by atoms with Gasteiger partial charge in [-0.05, 0) is 36.6 Å². The molecule has 1 saturated heterocycles. The third kappa shape index (κ3) is 5.21. The van der Waals surface area contributed by atoms with Crippen LogP contribution in [-0.2, 0) is 4.79 Å². The summed E-state index contributed by atoms with van der Waals surface area (Å²) in [5.74, 6) is 0.729. The maximum absolute atomic E-state index is 12.6. The Morgan fingerprint density at radius 2 is 2.04 bits per heavy atom. The Morgan fingerprint density at radius 1 is 1.33 bits per heavy atom. The second-order valence-corrected chi connectivity index (χ2v) is 7.06. The molecule has 1 aromatic carbocycles. The molecule has 6 nitrogen and oxygen atoms in total. The summed E-state index contributed by atoms with van der Waals surface area (Å²) >= 11 is 7.67. The van der Waals surface area contributed by atoms with Crippen LogP contribution in [0.25, 0.3) is 0 Å². The maximum atomic E-state index is 12.6. The zero-order valence-corrected chi connectivity index (χ0v) is 15.3. The molecule has 8 heteroatoms. The quantitative estimate of drug-likeness (QED) is 0.800. The number of rotatable bonds is 6. The highest BCUT2D eigenvalue weighted by molar-refractivity contribution is 7.98. The number of halogens is 1. The lowest BCUT2D eigenvalue weighted by Gasteiger charge is -2.37. The highest BCUT2D eigenvalue weighted by Gasteiger charge is 2.28. The average molecular weight is 371 g/mol. The van der Waals surface area contributed by atoms with E-state index >= 15 is 0 Å². The summed E-state index contributed by atoms with van der Waals surface area (Å²) in [5.41, 5.74) is 6.26. The number of piperazine rings is 1. The molecule has 0 bridgehead atoms. The van der Waals surface area contributed by atoms with E-state index in [9.17, 15) is 9.59 Å². The number of hydrogen-bond acceptors (Lipinski definition) is 4. The fourth-order valence-corrected chi connectivity index (χ4v) is 3.40. The zero-order chi connectivity index (χ0) is 17.5. The van der Waals surface area contributed by atoms with Gasteiger partial charge in [0.25, 0.3) is 0 Å². The lowest BCUT2D eigenvalue weighted by molar-refractivity contribution is -0.133. The molecule has 0 spiro atoms. The van der Waals surface area contributed by atoms with Gasteiger partial charge >= 0.3 is 6.03 Å². The number of nitrogens with one attached hydrogen (secondary N) is 1. The van der Waals surface area contributed by atoms with Crippen molar-refractivity contribution in [1.82, 2.24) is 10.2 Å². The molecule has 1 aliphatic rings. The number of urea groups is 1. The maximum Gasteiger partial charge on any atom is 0.312 e. The van der Waals surface area contributed by atoms with Gasteiger partial charge in [0.15, 0.2) is 0 Å². The van der Waals surface area contributed by atoms with Gasteiger partial charge in [0.05, 0.1) is 0 Å². The molecule has 1 aromatic rings. The number of anilines is 1. The molecule has 1 fully saturated rings. The van der Waals surface area contributed by atoms with E-state index in [1.807, 2.05) is 30.5 Å². The minimum absolute atomic E-state index is 0.0615. The second-order valence-electron chi connectivity index (χ2n) is 5.63. The van der Waals surface area contributed by atoms with Crippen LogP contribution >= 0.6 is 23.4 Å². The van der Waals surface area contributed by atoms with Crippen molar-refractivity contribution in [2.75, 3.05) is 43.1 Å². The third-order valence-corrected chi connectivity index (χ3v) is 4.87. The Morgan fingerprint density at radius 3 is 2.62 bits per heavy atom. The van der Waals surface area contributed by atoms with Crippen LogP contribution in [0.3, 0.4) is 0 Å². The molecule has 0 aromatic heterocycles. The van der Waals surface area contributed by atoms with Crippen molar-refractivity contribution in [2.24, 2.45) is 5.73 Å². The van der Waals surface area contributed by atoms with Crippen LogP contribution < -0.4 is 16.0 Å². The highest BCUT2D eigenvalue weighted by atomic mass is 35.5.